The highest BCUT2D eigenvalue weighted by molar-refractivity contribution is 8.13. The maximum absolute atomic E-state index is 14.8. The van der Waals surface area contributed by atoms with Crippen LogP contribution >= 0.6 is 11.8 Å². The number of benzene rings is 1. The standard InChI is InChI=1S/C22H31FN2O4S/c1-14(2)27-11-16-10-15-12-30-19(24-20(26)29-21(3,4)5)25-22(15,13-28-16)17-8-6-7-9-18(17)23/h6-9,14-16H,10-13H2,1-5H3,(H,24,25,26). The first-order chi connectivity index (χ1) is 14.1. The Labute approximate surface area is 181 Å². The lowest BCUT2D eigenvalue weighted by molar-refractivity contribution is -0.0986. The lowest BCUT2D eigenvalue weighted by Crippen LogP contribution is -2.52. The highest BCUT2D eigenvalue weighted by Crippen LogP contribution is 2.46. The molecule has 0 spiro atoms. The molecule has 0 bridgehead atoms. The third kappa shape index (κ3) is 5.53. The molecule has 2 heterocycles. The molecule has 1 saturated heterocycles. The topological polar surface area (TPSA) is 69.2 Å². The van der Waals surface area contributed by atoms with Crippen molar-refractivity contribution < 1.29 is 23.4 Å². The molecule has 1 aromatic rings. The third-order valence-corrected chi connectivity index (χ3v) is 6.08. The molecule has 3 rings (SSSR count). The van der Waals surface area contributed by atoms with E-state index in [0.717, 1.165) is 0 Å². The summed E-state index contributed by atoms with van der Waals surface area (Å²) in [5.74, 6) is 0.415. The second-order valence-corrected chi connectivity index (χ2v) is 10.0. The first-order valence-corrected chi connectivity index (χ1v) is 11.3. The number of aliphatic imine (C=N–C) groups is 1. The Balaban J connectivity index is 1.87. The number of amides is 1. The minimum Gasteiger partial charge on any atom is -0.444 e. The van der Waals surface area contributed by atoms with Crippen molar-refractivity contribution in [3.8, 4) is 0 Å². The van der Waals surface area contributed by atoms with E-state index < -0.39 is 17.2 Å². The van der Waals surface area contributed by atoms with Gasteiger partial charge in [-0.25, -0.2) is 14.2 Å². The number of carbonyl (C=O) groups is 1. The Morgan fingerprint density at radius 2 is 2.13 bits per heavy atom. The maximum atomic E-state index is 14.8. The number of halogens is 1. The summed E-state index contributed by atoms with van der Waals surface area (Å²) in [6, 6.07) is 6.65. The zero-order valence-electron chi connectivity index (χ0n) is 18.2. The Morgan fingerprint density at radius 1 is 1.40 bits per heavy atom. The Hall–Kier alpha value is -1.64. The molecule has 3 atom stereocenters. The summed E-state index contributed by atoms with van der Waals surface area (Å²) in [5, 5.41) is 3.14. The van der Waals surface area contributed by atoms with Gasteiger partial charge in [-0.3, -0.25) is 5.32 Å². The largest absolute Gasteiger partial charge is 0.444 e. The van der Waals surface area contributed by atoms with E-state index in [0.29, 0.717) is 29.5 Å². The number of hydrogen-bond donors (Lipinski definition) is 1. The second-order valence-electron chi connectivity index (χ2n) is 9.01. The fourth-order valence-electron chi connectivity index (χ4n) is 3.71. The second kappa shape index (κ2) is 9.24. The van der Waals surface area contributed by atoms with Gasteiger partial charge in [0.1, 0.15) is 17.0 Å². The van der Waals surface area contributed by atoms with Crippen molar-refractivity contribution in [3.63, 3.8) is 0 Å². The van der Waals surface area contributed by atoms with E-state index >= 15 is 0 Å². The number of nitrogens with zero attached hydrogens (tertiary/aromatic N) is 1. The number of carbonyl (C=O) groups excluding carboxylic acids is 1. The summed E-state index contributed by atoms with van der Waals surface area (Å²) < 4.78 is 32.0. The molecule has 1 amide bonds. The van der Waals surface area contributed by atoms with Crippen LogP contribution in [0.5, 0.6) is 0 Å². The molecule has 3 unspecified atom stereocenters. The van der Waals surface area contributed by atoms with Gasteiger partial charge in [-0.1, -0.05) is 30.0 Å². The van der Waals surface area contributed by atoms with Crippen LogP contribution in [0.1, 0.15) is 46.6 Å². The summed E-state index contributed by atoms with van der Waals surface area (Å²) in [5.41, 5.74) is -1.02. The molecule has 0 aliphatic carbocycles. The van der Waals surface area contributed by atoms with Gasteiger partial charge >= 0.3 is 6.09 Å². The van der Waals surface area contributed by atoms with Crippen molar-refractivity contribution in [1.29, 1.82) is 0 Å². The van der Waals surface area contributed by atoms with Gasteiger partial charge in [0.2, 0.25) is 0 Å². The lowest BCUT2D eigenvalue weighted by atomic mass is 9.75. The van der Waals surface area contributed by atoms with Gasteiger partial charge in [-0.15, -0.1) is 0 Å². The fraction of sp³-hybridized carbons (Fsp3) is 0.636. The first-order valence-electron chi connectivity index (χ1n) is 10.3. The number of fused-ring (bicyclic) bond motifs is 1. The molecule has 0 radical (unpaired) electrons. The van der Waals surface area contributed by atoms with Gasteiger partial charge in [0, 0.05) is 17.2 Å². The molecule has 0 saturated carbocycles. The van der Waals surface area contributed by atoms with Gasteiger partial charge in [-0.05, 0) is 47.1 Å². The summed E-state index contributed by atoms with van der Waals surface area (Å²) in [6.45, 7) is 10.1. The Bertz CT molecular complexity index is 796. The SMILES string of the molecule is CC(C)OCC1CC2CSC(NC(=O)OC(C)(C)C)=NC2(c2ccccc2F)CO1. The summed E-state index contributed by atoms with van der Waals surface area (Å²) in [6.07, 6.45) is 0.191. The number of rotatable bonds is 4. The average molecular weight is 439 g/mol. The van der Waals surface area contributed by atoms with Gasteiger partial charge in [0.05, 0.1) is 25.4 Å². The van der Waals surface area contributed by atoms with Gasteiger partial charge in [0.15, 0.2) is 5.17 Å². The van der Waals surface area contributed by atoms with Gasteiger partial charge < -0.3 is 14.2 Å². The number of alkyl carbamates (subject to hydrolysis) is 1. The van der Waals surface area contributed by atoms with E-state index in [1.54, 1.807) is 39.0 Å². The van der Waals surface area contributed by atoms with E-state index in [1.165, 1.54) is 17.8 Å². The monoisotopic (exact) mass is 438 g/mol. The molecule has 1 N–H and O–H groups in total. The molecular formula is C22H31FN2O4S. The number of amidine groups is 1. The third-order valence-electron chi connectivity index (χ3n) is 5.05. The fourth-order valence-corrected chi connectivity index (χ4v) is 4.86. The van der Waals surface area contributed by atoms with Crippen LogP contribution in [0.3, 0.4) is 0 Å². The van der Waals surface area contributed by atoms with Crippen LogP contribution in [0, 0.1) is 11.7 Å². The van der Waals surface area contributed by atoms with Crippen molar-refractivity contribution in [3.05, 3.63) is 35.6 Å². The van der Waals surface area contributed by atoms with Crippen LogP contribution in [-0.4, -0.2) is 48.0 Å². The molecule has 166 valence electrons. The number of hydrogen-bond acceptors (Lipinski definition) is 6. The predicted molar refractivity (Wildman–Crippen MR) is 116 cm³/mol. The molecule has 8 heteroatoms. The zero-order valence-corrected chi connectivity index (χ0v) is 19.1. The predicted octanol–water partition coefficient (Wildman–Crippen LogP) is 4.48. The van der Waals surface area contributed by atoms with Crippen LogP contribution in [0.2, 0.25) is 0 Å². The number of nitrogens with one attached hydrogen (secondary N) is 1. The average Bonchev–Trinajstić information content (AvgIpc) is 2.65. The van der Waals surface area contributed by atoms with E-state index in [-0.39, 0.29) is 30.5 Å². The van der Waals surface area contributed by atoms with Crippen molar-refractivity contribution in [2.45, 2.75) is 64.4 Å². The molecule has 1 aromatic carbocycles. The lowest BCUT2D eigenvalue weighted by Gasteiger charge is -2.46. The van der Waals surface area contributed by atoms with Crippen LogP contribution < -0.4 is 5.32 Å². The molecule has 2 aliphatic heterocycles. The van der Waals surface area contributed by atoms with E-state index in [4.69, 9.17) is 19.2 Å². The van der Waals surface area contributed by atoms with Crippen LogP contribution in [0.15, 0.2) is 29.3 Å². The summed E-state index contributed by atoms with van der Waals surface area (Å²) >= 11 is 1.45. The van der Waals surface area contributed by atoms with Gasteiger partial charge in [0.25, 0.3) is 0 Å². The smallest absolute Gasteiger partial charge is 0.413 e. The summed E-state index contributed by atoms with van der Waals surface area (Å²) in [7, 11) is 0. The molecule has 1 fully saturated rings. The van der Waals surface area contributed by atoms with Crippen LogP contribution in [0.4, 0.5) is 9.18 Å². The Morgan fingerprint density at radius 3 is 2.80 bits per heavy atom. The van der Waals surface area contributed by atoms with Crippen LogP contribution in [-0.2, 0) is 19.7 Å². The van der Waals surface area contributed by atoms with E-state index in [1.807, 2.05) is 13.8 Å². The molecular weight excluding hydrogens is 407 g/mol. The molecule has 0 aromatic heterocycles. The minimum absolute atomic E-state index is 0.0538. The van der Waals surface area contributed by atoms with Gasteiger partial charge in [-0.2, -0.15) is 0 Å². The van der Waals surface area contributed by atoms with Crippen molar-refractivity contribution in [2.75, 3.05) is 19.0 Å². The van der Waals surface area contributed by atoms with Crippen molar-refractivity contribution in [2.24, 2.45) is 10.9 Å². The highest BCUT2D eigenvalue weighted by Gasteiger charge is 2.49. The molecule has 30 heavy (non-hydrogen) atoms. The first kappa shape index (κ1) is 23.0. The van der Waals surface area contributed by atoms with Crippen molar-refractivity contribution in [1.82, 2.24) is 5.32 Å². The normalized spacial score (nSPS) is 26.7. The van der Waals surface area contributed by atoms with E-state index in [9.17, 15) is 9.18 Å². The number of thioether (sulfide) groups is 1. The minimum atomic E-state index is -0.894. The van der Waals surface area contributed by atoms with E-state index in [2.05, 4.69) is 5.32 Å². The van der Waals surface area contributed by atoms with Crippen LogP contribution in [0.25, 0.3) is 0 Å². The van der Waals surface area contributed by atoms with Crippen molar-refractivity contribution >= 4 is 23.0 Å². The quantitative estimate of drug-likeness (QED) is 0.751. The zero-order chi connectivity index (χ0) is 21.9. The molecule has 2 aliphatic rings. The summed E-state index contributed by atoms with van der Waals surface area (Å²) in [4.78, 5) is 17.1. The Kier molecular flexibility index (Phi) is 7.09. The highest BCUT2D eigenvalue weighted by atomic mass is 32.2. The number of ether oxygens (including phenoxy) is 3. The maximum Gasteiger partial charge on any atom is 0.413 e. The molecule has 6 nitrogen and oxygen atoms in total.